The van der Waals surface area contributed by atoms with Crippen LogP contribution in [0.5, 0.6) is 0 Å². The third-order valence-electron chi connectivity index (χ3n) is 5.59. The second kappa shape index (κ2) is 5.77. The predicted molar refractivity (Wildman–Crippen MR) is 108 cm³/mol. The Morgan fingerprint density at radius 2 is 1.92 bits per heavy atom. The molecule has 2 aliphatic rings. The highest BCUT2D eigenvalue weighted by Gasteiger charge is 2.59. The molecule has 4 rings (SSSR count). The lowest BCUT2D eigenvalue weighted by molar-refractivity contribution is -0.118. The number of fused-ring (bicyclic) bond motifs is 3. The Bertz CT molecular complexity index is 951. The van der Waals surface area contributed by atoms with Gasteiger partial charge in [-0.2, -0.15) is 0 Å². The molecule has 2 aromatic rings. The van der Waals surface area contributed by atoms with Gasteiger partial charge in [0.25, 0.3) is 0 Å². The van der Waals surface area contributed by atoms with Crippen molar-refractivity contribution in [3.63, 3.8) is 0 Å². The summed E-state index contributed by atoms with van der Waals surface area (Å²) in [5.74, 6) is 0.0242. The molecule has 0 bridgehead atoms. The predicted octanol–water partition coefficient (Wildman–Crippen LogP) is 4.94. The minimum atomic E-state index is -0.622. The minimum absolute atomic E-state index is 0.0242. The van der Waals surface area contributed by atoms with Crippen LogP contribution in [0.2, 0.25) is 10.0 Å². The van der Waals surface area contributed by atoms with Gasteiger partial charge in [0.1, 0.15) is 5.66 Å². The Labute approximate surface area is 163 Å². The zero-order valence-corrected chi connectivity index (χ0v) is 16.4. The Morgan fingerprint density at radius 3 is 2.65 bits per heavy atom. The second-order valence-electron chi connectivity index (χ2n) is 7.55. The molecule has 0 spiro atoms. The lowest BCUT2D eigenvalue weighted by Gasteiger charge is -2.40. The standard InChI is InChI=1S/C21H20Cl2N2O/c1-13-4-7-18-16(10-13)20(2,3)21(24-19(26)12-25(18)21)9-8-14-5-6-15(22)11-17(14)23/h4-11H,12H2,1-3H3,(H,24,26)/b9-8+/t21-/m1/s1. The molecule has 2 aromatic carbocycles. The molecule has 0 aromatic heterocycles. The number of rotatable bonds is 2. The zero-order valence-electron chi connectivity index (χ0n) is 14.9. The van der Waals surface area contributed by atoms with E-state index in [1.54, 1.807) is 6.07 Å². The van der Waals surface area contributed by atoms with Crippen LogP contribution in [0.4, 0.5) is 5.69 Å². The monoisotopic (exact) mass is 386 g/mol. The molecule has 5 heteroatoms. The third-order valence-corrected chi connectivity index (χ3v) is 6.16. The Kier molecular flexibility index (Phi) is 3.87. The molecule has 3 nitrogen and oxygen atoms in total. The number of hydrogen-bond donors (Lipinski definition) is 1. The summed E-state index contributed by atoms with van der Waals surface area (Å²) < 4.78 is 0. The molecule has 26 heavy (non-hydrogen) atoms. The summed E-state index contributed by atoms with van der Waals surface area (Å²) >= 11 is 12.3. The summed E-state index contributed by atoms with van der Waals surface area (Å²) in [6.45, 7) is 6.78. The average molecular weight is 387 g/mol. The first-order valence-corrected chi connectivity index (χ1v) is 9.34. The van der Waals surface area contributed by atoms with Gasteiger partial charge in [-0.05, 0) is 42.3 Å². The van der Waals surface area contributed by atoms with Crippen molar-refractivity contribution in [2.24, 2.45) is 0 Å². The zero-order chi connectivity index (χ0) is 18.7. The fourth-order valence-electron chi connectivity index (χ4n) is 4.13. The highest BCUT2D eigenvalue weighted by atomic mass is 35.5. The maximum absolute atomic E-state index is 12.3. The van der Waals surface area contributed by atoms with Crippen LogP contribution in [-0.2, 0) is 10.2 Å². The van der Waals surface area contributed by atoms with Crippen LogP contribution in [0.25, 0.3) is 6.08 Å². The molecular formula is C21H20Cl2N2O. The van der Waals surface area contributed by atoms with E-state index < -0.39 is 5.66 Å². The van der Waals surface area contributed by atoms with E-state index in [0.29, 0.717) is 16.6 Å². The molecule has 1 fully saturated rings. The normalized spacial score (nSPS) is 23.3. The van der Waals surface area contributed by atoms with Crippen LogP contribution in [0.15, 0.2) is 42.5 Å². The lowest BCUT2D eigenvalue weighted by atomic mass is 9.75. The van der Waals surface area contributed by atoms with Gasteiger partial charge in [0.15, 0.2) is 0 Å². The molecule has 0 saturated carbocycles. The van der Waals surface area contributed by atoms with E-state index in [-0.39, 0.29) is 11.3 Å². The summed E-state index contributed by atoms with van der Waals surface area (Å²) in [6, 6.07) is 11.8. The van der Waals surface area contributed by atoms with Crippen molar-refractivity contribution in [1.29, 1.82) is 0 Å². The molecule has 1 saturated heterocycles. The van der Waals surface area contributed by atoms with Gasteiger partial charge < -0.3 is 10.2 Å². The van der Waals surface area contributed by atoms with E-state index in [1.165, 1.54) is 11.1 Å². The van der Waals surface area contributed by atoms with Gasteiger partial charge in [-0.15, -0.1) is 0 Å². The third kappa shape index (κ3) is 2.38. The molecule has 2 aliphatic heterocycles. The van der Waals surface area contributed by atoms with Gasteiger partial charge in [0.2, 0.25) is 5.91 Å². The van der Waals surface area contributed by atoms with Gasteiger partial charge in [-0.3, -0.25) is 4.79 Å². The number of anilines is 1. The summed E-state index contributed by atoms with van der Waals surface area (Å²) in [6.07, 6.45) is 4.03. The molecule has 134 valence electrons. The maximum Gasteiger partial charge on any atom is 0.241 e. The van der Waals surface area contributed by atoms with Crippen molar-refractivity contribution in [1.82, 2.24) is 5.32 Å². The number of nitrogens with zero attached hydrogens (tertiary/aromatic N) is 1. The molecular weight excluding hydrogens is 367 g/mol. The van der Waals surface area contributed by atoms with E-state index in [9.17, 15) is 4.79 Å². The van der Waals surface area contributed by atoms with Gasteiger partial charge in [-0.1, -0.05) is 66.9 Å². The first kappa shape index (κ1) is 17.4. The lowest BCUT2D eigenvalue weighted by Crippen LogP contribution is -2.58. The van der Waals surface area contributed by atoms with Crippen molar-refractivity contribution in [3.05, 3.63) is 69.2 Å². The molecule has 1 N–H and O–H groups in total. The molecule has 0 radical (unpaired) electrons. The number of nitrogens with one attached hydrogen (secondary N) is 1. The fourth-order valence-corrected chi connectivity index (χ4v) is 4.61. The Hall–Kier alpha value is -1.97. The van der Waals surface area contributed by atoms with E-state index >= 15 is 0 Å². The van der Waals surface area contributed by atoms with E-state index in [1.807, 2.05) is 18.2 Å². The van der Waals surface area contributed by atoms with Crippen LogP contribution < -0.4 is 10.2 Å². The summed E-state index contributed by atoms with van der Waals surface area (Å²) in [4.78, 5) is 14.5. The van der Waals surface area contributed by atoms with E-state index in [0.717, 1.165) is 11.3 Å². The SMILES string of the molecule is Cc1ccc2c(c1)C(C)(C)[C@]1(/C=C/c3ccc(Cl)cc3Cl)NC(=O)CN21. The number of hydrogen-bond acceptors (Lipinski definition) is 2. The summed E-state index contributed by atoms with van der Waals surface area (Å²) in [7, 11) is 0. The van der Waals surface area contributed by atoms with Crippen molar-refractivity contribution < 1.29 is 4.79 Å². The highest BCUT2D eigenvalue weighted by Crippen LogP contribution is 2.53. The first-order valence-electron chi connectivity index (χ1n) is 8.59. The fraction of sp³-hybridized carbons (Fsp3) is 0.286. The molecule has 2 heterocycles. The van der Waals surface area contributed by atoms with Crippen molar-refractivity contribution in [2.45, 2.75) is 31.8 Å². The van der Waals surface area contributed by atoms with Crippen LogP contribution >= 0.6 is 23.2 Å². The van der Waals surface area contributed by atoms with Gasteiger partial charge in [0.05, 0.1) is 6.54 Å². The van der Waals surface area contributed by atoms with Crippen LogP contribution in [0.1, 0.15) is 30.5 Å². The van der Waals surface area contributed by atoms with Crippen LogP contribution in [-0.4, -0.2) is 18.1 Å². The molecule has 1 atom stereocenters. The molecule has 0 unspecified atom stereocenters. The van der Waals surface area contributed by atoms with Crippen molar-refractivity contribution in [3.8, 4) is 0 Å². The average Bonchev–Trinajstić information content (AvgIpc) is 2.98. The van der Waals surface area contributed by atoms with Gasteiger partial charge >= 0.3 is 0 Å². The largest absolute Gasteiger partial charge is 0.335 e. The van der Waals surface area contributed by atoms with Crippen LogP contribution in [0, 0.1) is 6.92 Å². The number of amides is 1. The maximum atomic E-state index is 12.3. The topological polar surface area (TPSA) is 32.3 Å². The quantitative estimate of drug-likeness (QED) is 0.792. The highest BCUT2D eigenvalue weighted by molar-refractivity contribution is 6.35. The number of carbonyl (C=O) groups is 1. The van der Waals surface area contributed by atoms with Gasteiger partial charge in [-0.25, -0.2) is 0 Å². The van der Waals surface area contributed by atoms with E-state index in [2.05, 4.69) is 55.3 Å². The van der Waals surface area contributed by atoms with E-state index in [4.69, 9.17) is 23.2 Å². The molecule has 0 aliphatic carbocycles. The summed E-state index contributed by atoms with van der Waals surface area (Å²) in [5.41, 5.74) is 3.51. The smallest absolute Gasteiger partial charge is 0.241 e. The number of aryl methyl sites for hydroxylation is 1. The number of benzene rings is 2. The first-order chi connectivity index (χ1) is 12.2. The summed E-state index contributed by atoms with van der Waals surface area (Å²) in [5, 5.41) is 4.41. The number of halogens is 2. The second-order valence-corrected chi connectivity index (χ2v) is 8.39. The Balaban J connectivity index is 1.85. The molecule has 1 amide bonds. The minimum Gasteiger partial charge on any atom is -0.335 e. The van der Waals surface area contributed by atoms with Crippen LogP contribution in [0.3, 0.4) is 0 Å². The number of carbonyl (C=O) groups excluding carboxylic acids is 1. The van der Waals surface area contributed by atoms with Crippen molar-refractivity contribution >= 4 is 40.9 Å². The van der Waals surface area contributed by atoms with Gasteiger partial charge in [0, 0.05) is 21.1 Å². The van der Waals surface area contributed by atoms with Crippen molar-refractivity contribution in [2.75, 3.05) is 11.4 Å². The Morgan fingerprint density at radius 1 is 1.15 bits per heavy atom.